The Bertz CT molecular complexity index is 751. The summed E-state index contributed by atoms with van der Waals surface area (Å²) in [5, 5.41) is 1.98. The van der Waals surface area contributed by atoms with Crippen molar-refractivity contribution in [3.63, 3.8) is 0 Å². The van der Waals surface area contributed by atoms with Crippen LogP contribution in [0.4, 0.5) is 0 Å². The first-order valence-corrected chi connectivity index (χ1v) is 9.08. The van der Waals surface area contributed by atoms with Gasteiger partial charge >= 0.3 is 0 Å². The van der Waals surface area contributed by atoms with E-state index in [1.165, 1.54) is 4.31 Å². The molecule has 0 aliphatic carbocycles. The first-order chi connectivity index (χ1) is 10.6. The lowest BCUT2D eigenvalue weighted by Crippen LogP contribution is -2.37. The van der Waals surface area contributed by atoms with Gasteiger partial charge in [-0.3, -0.25) is 0 Å². The Labute approximate surface area is 131 Å². The fraction of sp³-hybridized carbons (Fsp3) is 0.412. The minimum absolute atomic E-state index is 0.00832. The molecule has 5 heteroatoms. The molecule has 0 aromatic heterocycles. The van der Waals surface area contributed by atoms with Gasteiger partial charge in [-0.25, -0.2) is 8.42 Å². The van der Waals surface area contributed by atoms with Gasteiger partial charge in [-0.1, -0.05) is 30.3 Å². The van der Waals surface area contributed by atoms with Crippen LogP contribution >= 0.6 is 0 Å². The van der Waals surface area contributed by atoms with Gasteiger partial charge in [-0.15, -0.1) is 0 Å². The maximum Gasteiger partial charge on any atom is 0.242 e. The van der Waals surface area contributed by atoms with E-state index in [0.29, 0.717) is 11.4 Å². The van der Waals surface area contributed by atoms with Gasteiger partial charge in [0.25, 0.3) is 0 Å². The summed E-state index contributed by atoms with van der Waals surface area (Å²) in [5.74, 6) is 0. The van der Waals surface area contributed by atoms with Crippen LogP contribution in [0.1, 0.15) is 19.3 Å². The van der Waals surface area contributed by atoms with Gasteiger partial charge in [0.15, 0.2) is 0 Å². The van der Waals surface area contributed by atoms with Crippen molar-refractivity contribution in [2.24, 2.45) is 0 Å². The quantitative estimate of drug-likeness (QED) is 0.870. The third-order valence-electron chi connectivity index (χ3n) is 4.16. The molecular formula is C17H21NO3S. The van der Waals surface area contributed by atoms with E-state index in [4.69, 9.17) is 4.74 Å². The van der Waals surface area contributed by atoms with Crippen LogP contribution in [0.3, 0.4) is 0 Å². The highest BCUT2D eigenvalue weighted by Crippen LogP contribution is 2.22. The van der Waals surface area contributed by atoms with Gasteiger partial charge in [0.2, 0.25) is 10.0 Å². The molecule has 0 radical (unpaired) electrons. The number of nitrogens with zero attached hydrogens (tertiary/aromatic N) is 1. The summed E-state index contributed by atoms with van der Waals surface area (Å²) in [5.41, 5.74) is 0. The summed E-state index contributed by atoms with van der Waals surface area (Å²) in [7, 11) is -1.85. The molecule has 2 aromatic rings. The zero-order valence-electron chi connectivity index (χ0n) is 12.7. The average Bonchev–Trinajstić information content (AvgIpc) is 2.55. The summed E-state index contributed by atoms with van der Waals surface area (Å²) >= 11 is 0. The van der Waals surface area contributed by atoms with E-state index in [2.05, 4.69) is 0 Å². The fourth-order valence-electron chi connectivity index (χ4n) is 2.84. The Morgan fingerprint density at radius 2 is 1.91 bits per heavy atom. The summed E-state index contributed by atoms with van der Waals surface area (Å²) in [6.07, 6.45) is 3.11. The molecule has 4 nitrogen and oxygen atoms in total. The number of hydrogen-bond donors (Lipinski definition) is 0. The summed E-state index contributed by atoms with van der Waals surface area (Å²) < 4.78 is 32.5. The normalized spacial score (nSPS) is 19.6. The van der Waals surface area contributed by atoms with E-state index in [1.54, 1.807) is 19.2 Å². The van der Waals surface area contributed by atoms with Crippen molar-refractivity contribution in [1.29, 1.82) is 0 Å². The number of fused-ring (bicyclic) bond motifs is 1. The molecule has 3 rings (SSSR count). The minimum Gasteiger partial charge on any atom is -0.377 e. The van der Waals surface area contributed by atoms with Crippen molar-refractivity contribution >= 4 is 20.8 Å². The molecule has 118 valence electrons. The van der Waals surface area contributed by atoms with Gasteiger partial charge in [-0.2, -0.15) is 4.31 Å². The highest BCUT2D eigenvalue weighted by molar-refractivity contribution is 7.89. The standard InChI is InChI=1S/C17H21NO3S/c1-18(13-16-8-4-5-11-21-16)22(19,20)17-10-9-14-6-2-3-7-15(14)12-17/h2-3,6-7,9-10,12,16H,4-5,8,11,13H2,1H3. The van der Waals surface area contributed by atoms with E-state index in [1.807, 2.05) is 30.3 Å². The van der Waals surface area contributed by atoms with Crippen molar-refractivity contribution in [3.05, 3.63) is 42.5 Å². The summed E-state index contributed by atoms with van der Waals surface area (Å²) in [6, 6.07) is 13.0. The molecule has 1 unspecified atom stereocenters. The molecule has 0 saturated carbocycles. The van der Waals surface area contributed by atoms with Crippen LogP contribution in [0.15, 0.2) is 47.4 Å². The highest BCUT2D eigenvalue weighted by Gasteiger charge is 2.25. The topological polar surface area (TPSA) is 46.6 Å². The van der Waals surface area contributed by atoms with Crippen LogP contribution in [-0.4, -0.2) is 39.0 Å². The van der Waals surface area contributed by atoms with E-state index in [-0.39, 0.29) is 6.10 Å². The lowest BCUT2D eigenvalue weighted by Gasteiger charge is -2.27. The zero-order chi connectivity index (χ0) is 15.6. The molecule has 22 heavy (non-hydrogen) atoms. The smallest absolute Gasteiger partial charge is 0.242 e. The fourth-order valence-corrected chi connectivity index (χ4v) is 4.08. The van der Waals surface area contributed by atoms with Crippen LogP contribution < -0.4 is 0 Å². The monoisotopic (exact) mass is 319 g/mol. The molecule has 2 aromatic carbocycles. The van der Waals surface area contributed by atoms with Gasteiger partial charge in [0, 0.05) is 20.2 Å². The van der Waals surface area contributed by atoms with E-state index >= 15 is 0 Å². The van der Waals surface area contributed by atoms with Crippen molar-refractivity contribution in [2.75, 3.05) is 20.2 Å². The van der Waals surface area contributed by atoms with Crippen LogP contribution in [-0.2, 0) is 14.8 Å². The Hall–Kier alpha value is -1.43. The number of ether oxygens (including phenoxy) is 1. The SMILES string of the molecule is CN(CC1CCCCO1)S(=O)(=O)c1ccc2ccccc2c1. The van der Waals surface area contributed by atoms with Gasteiger partial charge in [0.1, 0.15) is 0 Å². The Balaban J connectivity index is 1.83. The van der Waals surface area contributed by atoms with Crippen LogP contribution in [0, 0.1) is 0 Å². The van der Waals surface area contributed by atoms with Crippen molar-refractivity contribution in [1.82, 2.24) is 4.31 Å². The molecule has 0 spiro atoms. The van der Waals surface area contributed by atoms with E-state index < -0.39 is 10.0 Å². The maximum atomic E-state index is 12.7. The average molecular weight is 319 g/mol. The zero-order valence-corrected chi connectivity index (χ0v) is 13.6. The predicted molar refractivity (Wildman–Crippen MR) is 87.4 cm³/mol. The van der Waals surface area contributed by atoms with Crippen molar-refractivity contribution < 1.29 is 13.2 Å². The number of rotatable bonds is 4. The second kappa shape index (κ2) is 6.36. The van der Waals surface area contributed by atoms with Crippen LogP contribution in [0.25, 0.3) is 10.8 Å². The van der Waals surface area contributed by atoms with Crippen LogP contribution in [0.2, 0.25) is 0 Å². The molecular weight excluding hydrogens is 298 g/mol. The van der Waals surface area contributed by atoms with Gasteiger partial charge in [0.05, 0.1) is 11.0 Å². The van der Waals surface area contributed by atoms with Gasteiger partial charge < -0.3 is 4.74 Å². The van der Waals surface area contributed by atoms with Crippen molar-refractivity contribution in [3.8, 4) is 0 Å². The Morgan fingerprint density at radius 3 is 2.64 bits per heavy atom. The van der Waals surface area contributed by atoms with E-state index in [0.717, 1.165) is 36.6 Å². The lowest BCUT2D eigenvalue weighted by molar-refractivity contribution is 0.00859. The van der Waals surface area contributed by atoms with E-state index in [9.17, 15) is 8.42 Å². The molecule has 0 amide bonds. The van der Waals surface area contributed by atoms with Crippen LogP contribution in [0.5, 0.6) is 0 Å². The molecule has 0 bridgehead atoms. The Kier molecular flexibility index (Phi) is 4.47. The molecule has 1 saturated heterocycles. The maximum absolute atomic E-state index is 12.7. The first kappa shape index (κ1) is 15.5. The molecule has 1 heterocycles. The van der Waals surface area contributed by atoms with Gasteiger partial charge in [-0.05, 0) is 42.2 Å². The molecule has 1 aliphatic rings. The second-order valence-electron chi connectivity index (χ2n) is 5.78. The summed E-state index contributed by atoms with van der Waals surface area (Å²) in [6.45, 7) is 1.14. The molecule has 1 aliphatic heterocycles. The largest absolute Gasteiger partial charge is 0.377 e. The minimum atomic E-state index is -3.48. The lowest BCUT2D eigenvalue weighted by atomic mass is 10.1. The number of sulfonamides is 1. The Morgan fingerprint density at radius 1 is 1.14 bits per heavy atom. The first-order valence-electron chi connectivity index (χ1n) is 7.64. The third-order valence-corrected chi connectivity index (χ3v) is 5.98. The number of likely N-dealkylation sites (N-methyl/N-ethyl adjacent to an activating group) is 1. The molecule has 1 atom stereocenters. The molecule has 0 N–H and O–H groups in total. The van der Waals surface area contributed by atoms with Crippen molar-refractivity contribution in [2.45, 2.75) is 30.3 Å². The molecule has 1 fully saturated rings. The number of benzene rings is 2. The second-order valence-corrected chi connectivity index (χ2v) is 7.83. The predicted octanol–water partition coefficient (Wildman–Crippen LogP) is 3.03. The number of hydrogen-bond acceptors (Lipinski definition) is 3. The highest BCUT2D eigenvalue weighted by atomic mass is 32.2. The third kappa shape index (κ3) is 3.16. The summed E-state index contributed by atoms with van der Waals surface area (Å²) in [4.78, 5) is 0.338.